The Bertz CT molecular complexity index is 811. The minimum atomic E-state index is -0.400. The third-order valence-corrected chi connectivity index (χ3v) is 4.67. The Hall–Kier alpha value is -2.22. The number of hydrogen-bond donors (Lipinski definition) is 2. The summed E-state index contributed by atoms with van der Waals surface area (Å²) in [7, 11) is 1.83. The van der Waals surface area contributed by atoms with E-state index in [9.17, 15) is 14.9 Å². The second kappa shape index (κ2) is 8.58. The summed E-state index contributed by atoms with van der Waals surface area (Å²) < 4.78 is 1.13. The smallest absolute Gasteiger partial charge is 0.269 e. The molecule has 0 saturated heterocycles. The van der Waals surface area contributed by atoms with Gasteiger partial charge in [0.15, 0.2) is 0 Å². The van der Waals surface area contributed by atoms with E-state index in [1.165, 1.54) is 23.5 Å². The molecule has 124 valence electrons. The largest absolute Gasteiger partial charge is 0.316 e. The lowest BCUT2D eigenvalue weighted by Crippen LogP contribution is -2.04. The predicted molar refractivity (Wildman–Crippen MR) is 101 cm³/mol. The van der Waals surface area contributed by atoms with Crippen LogP contribution in [0.15, 0.2) is 54.6 Å². The Kier molecular flexibility index (Phi) is 6.48. The second-order valence-electron chi connectivity index (χ2n) is 4.91. The number of carbonyl (C=O) groups excluding carboxylic acids is 1. The lowest BCUT2D eigenvalue weighted by molar-refractivity contribution is -0.384. The van der Waals surface area contributed by atoms with Crippen LogP contribution < -0.4 is 5.32 Å². The molecular formula is C17H16N2O3S2. The number of carbonyl (C=O) groups is 1. The van der Waals surface area contributed by atoms with Gasteiger partial charge in [0, 0.05) is 23.4 Å². The number of non-ortho nitro benzene ring substituents is 1. The van der Waals surface area contributed by atoms with Crippen LogP contribution in [-0.2, 0) is 6.54 Å². The zero-order valence-corrected chi connectivity index (χ0v) is 14.6. The van der Waals surface area contributed by atoms with Crippen molar-refractivity contribution >= 4 is 44.9 Å². The quantitative estimate of drug-likeness (QED) is 0.414. The van der Waals surface area contributed by atoms with Crippen molar-refractivity contribution in [2.75, 3.05) is 7.05 Å². The molecule has 0 aliphatic heterocycles. The summed E-state index contributed by atoms with van der Waals surface area (Å²) in [5.41, 5.74) is 1.18. The molecule has 5 nitrogen and oxygen atoms in total. The first-order valence-corrected chi connectivity index (χ1v) is 8.37. The van der Waals surface area contributed by atoms with Gasteiger partial charge in [-0.15, -0.1) is 11.3 Å². The molecule has 24 heavy (non-hydrogen) atoms. The van der Waals surface area contributed by atoms with Gasteiger partial charge < -0.3 is 5.32 Å². The number of nitrogens with one attached hydrogen (secondary N) is 1. The zero-order valence-electron chi connectivity index (χ0n) is 12.9. The highest BCUT2D eigenvalue weighted by Gasteiger charge is 2.04. The first-order valence-electron chi connectivity index (χ1n) is 7.11. The second-order valence-corrected chi connectivity index (χ2v) is 6.40. The number of fused-ring (bicyclic) bond motifs is 1. The number of hydrogen-bond acceptors (Lipinski definition) is 5. The van der Waals surface area contributed by atoms with Crippen LogP contribution in [0.1, 0.15) is 15.2 Å². The Morgan fingerprint density at radius 3 is 2.42 bits per heavy atom. The highest BCUT2D eigenvalue weighted by Crippen LogP contribution is 2.25. The summed E-state index contributed by atoms with van der Waals surface area (Å²) in [4.78, 5) is 21.5. The number of nitro benzene ring substituents is 1. The van der Waals surface area contributed by atoms with E-state index in [2.05, 4.69) is 17.9 Å². The molecule has 0 aliphatic carbocycles. The van der Waals surface area contributed by atoms with Gasteiger partial charge in [0.25, 0.3) is 5.69 Å². The monoisotopic (exact) mass is 360 g/mol. The number of nitro groups is 1. The van der Waals surface area contributed by atoms with Gasteiger partial charge in [-0.25, -0.2) is 0 Å². The molecule has 0 saturated carbocycles. The van der Waals surface area contributed by atoms with Crippen molar-refractivity contribution in [3.05, 3.63) is 75.2 Å². The van der Waals surface area contributed by atoms with Gasteiger partial charge in [-0.05, 0) is 30.1 Å². The van der Waals surface area contributed by atoms with Crippen LogP contribution in [0.2, 0.25) is 0 Å². The molecule has 0 aliphatic rings. The van der Waals surface area contributed by atoms with Crippen molar-refractivity contribution in [3.63, 3.8) is 0 Å². The van der Waals surface area contributed by atoms with E-state index in [1.54, 1.807) is 12.1 Å². The normalized spacial score (nSPS) is 10.1. The van der Waals surface area contributed by atoms with Crippen molar-refractivity contribution in [3.8, 4) is 0 Å². The Morgan fingerprint density at radius 1 is 1.21 bits per heavy atom. The van der Waals surface area contributed by atoms with Gasteiger partial charge in [0.2, 0.25) is 5.12 Å². The maximum atomic E-state index is 10.9. The van der Waals surface area contributed by atoms with Crippen LogP contribution in [0.4, 0.5) is 5.69 Å². The van der Waals surface area contributed by atoms with Crippen LogP contribution in [0.25, 0.3) is 10.1 Å². The Balaban J connectivity index is 0.000000174. The van der Waals surface area contributed by atoms with Crippen LogP contribution in [-0.4, -0.2) is 17.1 Å². The molecule has 7 heteroatoms. The summed E-state index contributed by atoms with van der Waals surface area (Å²) in [5, 5.41) is 14.2. The van der Waals surface area contributed by atoms with Gasteiger partial charge in [0.1, 0.15) is 0 Å². The van der Waals surface area contributed by atoms with Crippen molar-refractivity contribution in [1.82, 2.24) is 5.32 Å². The number of nitrogens with zero attached hydrogens (tertiary/aromatic N) is 1. The van der Waals surface area contributed by atoms with Gasteiger partial charge in [-0.3, -0.25) is 14.9 Å². The van der Waals surface area contributed by atoms with Gasteiger partial charge in [-0.2, -0.15) is 0 Å². The minimum Gasteiger partial charge on any atom is -0.316 e. The first-order chi connectivity index (χ1) is 11.5. The third kappa shape index (κ3) is 4.89. The molecule has 0 spiro atoms. The van der Waals surface area contributed by atoms with Crippen LogP contribution in [0.3, 0.4) is 0 Å². The fourth-order valence-electron chi connectivity index (χ4n) is 2.03. The highest BCUT2D eigenvalue weighted by atomic mass is 32.1. The van der Waals surface area contributed by atoms with Crippen LogP contribution in [0.5, 0.6) is 0 Å². The summed E-state index contributed by atoms with van der Waals surface area (Å²) >= 11 is 5.25. The molecule has 0 atom stereocenters. The van der Waals surface area contributed by atoms with Crippen molar-refractivity contribution in [1.29, 1.82) is 0 Å². The van der Waals surface area contributed by atoms with E-state index >= 15 is 0 Å². The van der Waals surface area contributed by atoms with Crippen LogP contribution >= 0.6 is 24.0 Å². The van der Waals surface area contributed by atoms with E-state index in [1.807, 2.05) is 37.4 Å². The van der Waals surface area contributed by atoms with Gasteiger partial charge in [0.05, 0.1) is 9.80 Å². The van der Waals surface area contributed by atoms with E-state index in [0.29, 0.717) is 4.88 Å². The molecule has 3 aromatic rings. The summed E-state index contributed by atoms with van der Waals surface area (Å²) in [5.74, 6) is 0. The van der Waals surface area contributed by atoms with Crippen molar-refractivity contribution in [2.45, 2.75) is 6.54 Å². The molecule has 1 N–H and O–H groups in total. The number of thiol groups is 1. The maximum Gasteiger partial charge on any atom is 0.269 e. The van der Waals surface area contributed by atoms with E-state index in [0.717, 1.165) is 22.2 Å². The molecule has 0 radical (unpaired) electrons. The Labute approximate surface area is 148 Å². The summed E-state index contributed by atoms with van der Waals surface area (Å²) in [6.45, 7) is 0.734. The average molecular weight is 360 g/mol. The molecule has 0 unspecified atom stereocenters. The molecule has 1 heterocycles. The molecule has 3 rings (SSSR count). The standard InChI is InChI=1S/C9H6OS2.C8H10N2O2/c10-9(11)8-5-6-3-1-2-4-7(6)12-8;1-9-6-7-2-4-8(5-3-7)10(11)12/h1-5H,(H,10,11);2-5,9H,6H2,1H3. The van der Waals surface area contributed by atoms with Gasteiger partial charge >= 0.3 is 0 Å². The van der Waals surface area contributed by atoms with Crippen molar-refractivity contribution < 1.29 is 9.72 Å². The minimum absolute atomic E-state index is 0.134. The number of rotatable bonds is 4. The van der Waals surface area contributed by atoms with E-state index in [-0.39, 0.29) is 10.8 Å². The van der Waals surface area contributed by atoms with Gasteiger partial charge in [-0.1, -0.05) is 43.0 Å². The maximum absolute atomic E-state index is 10.9. The first kappa shape index (κ1) is 18.1. The number of benzene rings is 2. The fourth-order valence-corrected chi connectivity index (χ4v) is 3.13. The average Bonchev–Trinajstić information content (AvgIpc) is 3.01. The predicted octanol–water partition coefficient (Wildman–Crippen LogP) is 4.29. The molecule has 0 amide bonds. The molecular weight excluding hydrogens is 344 g/mol. The summed E-state index contributed by atoms with van der Waals surface area (Å²) in [6.07, 6.45) is 0. The fraction of sp³-hybridized carbons (Fsp3) is 0.118. The van der Waals surface area contributed by atoms with Crippen molar-refractivity contribution in [2.24, 2.45) is 0 Å². The SMILES string of the molecule is CNCc1ccc([N+](=O)[O-])cc1.O=C(S)c1cc2ccccc2s1. The Morgan fingerprint density at radius 2 is 1.88 bits per heavy atom. The van der Waals surface area contributed by atoms with Crippen LogP contribution in [0, 0.1) is 10.1 Å². The lowest BCUT2D eigenvalue weighted by Gasteiger charge is -1.97. The molecule has 0 fully saturated rings. The lowest BCUT2D eigenvalue weighted by atomic mass is 10.2. The van der Waals surface area contributed by atoms with E-state index in [4.69, 9.17) is 0 Å². The number of thiophene rings is 1. The summed E-state index contributed by atoms with van der Waals surface area (Å²) in [6, 6.07) is 16.3. The molecule has 1 aromatic heterocycles. The third-order valence-electron chi connectivity index (χ3n) is 3.16. The molecule has 0 bridgehead atoms. The topological polar surface area (TPSA) is 72.2 Å². The highest BCUT2D eigenvalue weighted by molar-refractivity contribution is 7.97. The molecule has 2 aromatic carbocycles. The van der Waals surface area contributed by atoms with E-state index < -0.39 is 4.92 Å². The zero-order chi connectivity index (χ0) is 17.5.